The fourth-order valence-electron chi connectivity index (χ4n) is 2.60. The molecular formula is C14H19ClO3S. The van der Waals surface area contributed by atoms with Gasteiger partial charge in [0.25, 0.3) is 0 Å². The average Bonchev–Trinajstić information content (AvgIpc) is 2.37. The van der Waals surface area contributed by atoms with Crippen LogP contribution < -0.4 is 4.74 Å². The minimum Gasteiger partial charge on any atom is -0.496 e. The van der Waals surface area contributed by atoms with Crippen LogP contribution in [-0.2, 0) is 9.84 Å². The van der Waals surface area contributed by atoms with Crippen molar-refractivity contribution < 1.29 is 13.2 Å². The molecule has 0 spiro atoms. The average molecular weight is 303 g/mol. The van der Waals surface area contributed by atoms with Gasteiger partial charge in [-0.3, -0.25) is 0 Å². The van der Waals surface area contributed by atoms with E-state index in [4.69, 9.17) is 16.3 Å². The van der Waals surface area contributed by atoms with E-state index < -0.39 is 20.5 Å². The molecule has 3 nitrogen and oxygen atoms in total. The van der Waals surface area contributed by atoms with E-state index in [1.807, 2.05) is 25.1 Å². The third kappa shape index (κ3) is 3.06. The first-order chi connectivity index (χ1) is 8.95. The third-order valence-electron chi connectivity index (χ3n) is 3.69. The summed E-state index contributed by atoms with van der Waals surface area (Å²) in [4.78, 5) is 0. The van der Waals surface area contributed by atoms with E-state index in [0.717, 1.165) is 29.7 Å². The van der Waals surface area contributed by atoms with Crippen molar-refractivity contribution in [1.82, 2.24) is 0 Å². The highest BCUT2D eigenvalue weighted by Crippen LogP contribution is 2.36. The second kappa shape index (κ2) is 5.71. The lowest BCUT2D eigenvalue weighted by Crippen LogP contribution is -2.31. The van der Waals surface area contributed by atoms with Gasteiger partial charge in [0.2, 0.25) is 0 Å². The van der Waals surface area contributed by atoms with Gasteiger partial charge in [0.15, 0.2) is 9.84 Å². The molecule has 5 heteroatoms. The van der Waals surface area contributed by atoms with Gasteiger partial charge in [0.05, 0.1) is 23.5 Å². The number of hydrogen-bond donors (Lipinski definition) is 0. The first-order valence-corrected chi connectivity index (χ1v) is 8.61. The van der Waals surface area contributed by atoms with Crippen LogP contribution in [-0.4, -0.2) is 26.5 Å². The van der Waals surface area contributed by atoms with Gasteiger partial charge < -0.3 is 4.74 Å². The fraction of sp³-hybridized carbons (Fsp3) is 0.571. The molecule has 0 bridgehead atoms. The molecule has 0 saturated carbocycles. The molecule has 1 fully saturated rings. The number of aryl methyl sites for hydroxylation is 1. The fourth-order valence-corrected chi connectivity index (χ4v) is 5.28. The van der Waals surface area contributed by atoms with Crippen LogP contribution in [0.5, 0.6) is 5.75 Å². The summed E-state index contributed by atoms with van der Waals surface area (Å²) in [7, 11) is -1.45. The summed E-state index contributed by atoms with van der Waals surface area (Å²) >= 11 is 6.42. The molecular weight excluding hydrogens is 284 g/mol. The summed E-state index contributed by atoms with van der Waals surface area (Å²) in [5, 5.41) is -0.939. The van der Waals surface area contributed by atoms with Crippen LogP contribution in [0.2, 0.25) is 0 Å². The SMILES string of the molecule is COc1ccc(C(Cl)C2CCCCS2(=O)=O)cc1C. The molecule has 2 atom stereocenters. The van der Waals surface area contributed by atoms with Crippen molar-refractivity contribution in [1.29, 1.82) is 0 Å². The Morgan fingerprint density at radius 3 is 2.68 bits per heavy atom. The van der Waals surface area contributed by atoms with E-state index in [-0.39, 0.29) is 5.75 Å². The standard InChI is InChI=1S/C14H19ClO3S/c1-10-9-11(6-7-12(10)18-2)14(15)13-5-3-4-8-19(13,16)17/h6-7,9,13-14H,3-5,8H2,1-2H3. The van der Waals surface area contributed by atoms with Gasteiger partial charge in [0.1, 0.15) is 5.75 Å². The van der Waals surface area contributed by atoms with Gasteiger partial charge >= 0.3 is 0 Å². The molecule has 0 amide bonds. The van der Waals surface area contributed by atoms with Crippen LogP contribution in [0.15, 0.2) is 18.2 Å². The van der Waals surface area contributed by atoms with E-state index in [1.165, 1.54) is 0 Å². The van der Waals surface area contributed by atoms with Crippen LogP contribution in [0.1, 0.15) is 35.8 Å². The summed E-state index contributed by atoms with van der Waals surface area (Å²) in [6.07, 6.45) is 2.34. The molecule has 1 aliphatic rings. The Morgan fingerprint density at radius 2 is 2.11 bits per heavy atom. The molecule has 1 aromatic rings. The lowest BCUT2D eigenvalue weighted by molar-refractivity contribution is 0.411. The predicted octanol–water partition coefficient (Wildman–Crippen LogP) is 3.25. The molecule has 0 N–H and O–H groups in total. The number of sulfone groups is 1. The molecule has 1 aliphatic heterocycles. The van der Waals surface area contributed by atoms with E-state index in [1.54, 1.807) is 7.11 Å². The van der Waals surface area contributed by atoms with Crippen molar-refractivity contribution in [2.75, 3.05) is 12.9 Å². The molecule has 2 rings (SSSR count). The molecule has 1 aromatic carbocycles. The molecule has 19 heavy (non-hydrogen) atoms. The zero-order valence-electron chi connectivity index (χ0n) is 11.2. The Balaban J connectivity index is 2.28. The highest BCUT2D eigenvalue weighted by Gasteiger charge is 2.35. The van der Waals surface area contributed by atoms with Gasteiger partial charge in [-0.25, -0.2) is 8.42 Å². The van der Waals surface area contributed by atoms with Crippen molar-refractivity contribution in [2.45, 2.75) is 36.8 Å². The number of methoxy groups -OCH3 is 1. The Bertz CT molecular complexity index is 554. The molecule has 0 radical (unpaired) electrons. The van der Waals surface area contributed by atoms with Gasteiger partial charge in [-0.15, -0.1) is 11.6 Å². The first-order valence-electron chi connectivity index (χ1n) is 6.46. The quantitative estimate of drug-likeness (QED) is 0.805. The number of benzene rings is 1. The highest BCUT2D eigenvalue weighted by atomic mass is 35.5. The smallest absolute Gasteiger partial charge is 0.154 e. The zero-order valence-corrected chi connectivity index (χ0v) is 12.8. The summed E-state index contributed by atoms with van der Waals surface area (Å²) in [6, 6.07) is 5.61. The number of ether oxygens (including phenoxy) is 1. The van der Waals surface area contributed by atoms with Crippen molar-refractivity contribution in [3.05, 3.63) is 29.3 Å². The zero-order chi connectivity index (χ0) is 14.0. The number of hydrogen-bond acceptors (Lipinski definition) is 3. The third-order valence-corrected chi connectivity index (χ3v) is 6.69. The number of rotatable bonds is 3. The van der Waals surface area contributed by atoms with Crippen molar-refractivity contribution >= 4 is 21.4 Å². The van der Waals surface area contributed by atoms with E-state index in [0.29, 0.717) is 6.42 Å². The maximum atomic E-state index is 12.1. The Kier molecular flexibility index (Phi) is 4.41. The summed E-state index contributed by atoms with van der Waals surface area (Å²) < 4.78 is 29.4. The maximum Gasteiger partial charge on any atom is 0.154 e. The minimum absolute atomic E-state index is 0.260. The molecule has 106 valence electrons. The largest absolute Gasteiger partial charge is 0.496 e. The van der Waals surface area contributed by atoms with E-state index >= 15 is 0 Å². The second-order valence-electron chi connectivity index (χ2n) is 5.03. The van der Waals surface area contributed by atoms with E-state index in [2.05, 4.69) is 0 Å². The maximum absolute atomic E-state index is 12.1. The summed E-state index contributed by atoms with van der Waals surface area (Å²) in [6.45, 7) is 1.93. The second-order valence-corrected chi connectivity index (χ2v) is 7.84. The lowest BCUT2D eigenvalue weighted by atomic mass is 10.0. The molecule has 0 aliphatic carbocycles. The van der Waals surface area contributed by atoms with Gasteiger partial charge in [-0.05, 0) is 37.0 Å². The van der Waals surface area contributed by atoms with Crippen LogP contribution in [0, 0.1) is 6.92 Å². The predicted molar refractivity (Wildman–Crippen MR) is 77.8 cm³/mol. The molecule has 2 unspecified atom stereocenters. The van der Waals surface area contributed by atoms with Gasteiger partial charge in [0, 0.05) is 0 Å². The summed E-state index contributed by atoms with van der Waals surface area (Å²) in [5.41, 5.74) is 1.83. The van der Waals surface area contributed by atoms with Gasteiger partial charge in [-0.1, -0.05) is 18.6 Å². The summed E-state index contributed by atoms with van der Waals surface area (Å²) in [5.74, 6) is 1.05. The molecule has 1 heterocycles. The Labute approximate surface area is 119 Å². The monoisotopic (exact) mass is 302 g/mol. The van der Waals surface area contributed by atoms with E-state index in [9.17, 15) is 8.42 Å². The number of halogens is 1. The topological polar surface area (TPSA) is 43.4 Å². The molecule has 0 aromatic heterocycles. The highest BCUT2D eigenvalue weighted by molar-refractivity contribution is 7.92. The normalized spacial score (nSPS) is 23.8. The van der Waals surface area contributed by atoms with Crippen LogP contribution in [0.3, 0.4) is 0 Å². The Morgan fingerprint density at radius 1 is 1.37 bits per heavy atom. The lowest BCUT2D eigenvalue weighted by Gasteiger charge is -2.26. The Hall–Kier alpha value is -0.740. The first kappa shape index (κ1) is 14.7. The minimum atomic E-state index is -3.06. The molecule has 1 saturated heterocycles. The van der Waals surface area contributed by atoms with Crippen molar-refractivity contribution in [2.24, 2.45) is 0 Å². The van der Waals surface area contributed by atoms with Crippen LogP contribution >= 0.6 is 11.6 Å². The van der Waals surface area contributed by atoms with Crippen LogP contribution in [0.25, 0.3) is 0 Å². The number of alkyl halides is 1. The van der Waals surface area contributed by atoms with Crippen molar-refractivity contribution in [3.8, 4) is 5.75 Å². The van der Waals surface area contributed by atoms with Crippen molar-refractivity contribution in [3.63, 3.8) is 0 Å². The van der Waals surface area contributed by atoms with Crippen LogP contribution in [0.4, 0.5) is 0 Å². The van der Waals surface area contributed by atoms with Gasteiger partial charge in [-0.2, -0.15) is 0 Å².